The second kappa shape index (κ2) is 6.49. The van der Waals surface area contributed by atoms with E-state index in [1.54, 1.807) is 19.9 Å². The Morgan fingerprint density at radius 1 is 1.43 bits per heavy atom. The number of nitrogens with one attached hydrogen (secondary N) is 1. The fourth-order valence-corrected chi connectivity index (χ4v) is 3.05. The number of carbonyl (C=O) groups is 2. The van der Waals surface area contributed by atoms with Crippen molar-refractivity contribution in [2.75, 3.05) is 6.54 Å². The van der Waals surface area contributed by atoms with Gasteiger partial charge in [0.25, 0.3) is 5.56 Å². The molecule has 2 aromatic rings. The minimum Gasteiger partial charge on any atom is -0.481 e. The number of carbonyl (C=O) groups excluding carboxylic acids is 1. The van der Waals surface area contributed by atoms with Crippen LogP contribution in [-0.4, -0.2) is 33.1 Å². The highest BCUT2D eigenvalue weighted by Crippen LogP contribution is 2.21. The molecule has 0 saturated heterocycles. The lowest BCUT2D eigenvalue weighted by Crippen LogP contribution is -2.42. The van der Waals surface area contributed by atoms with E-state index in [0.717, 1.165) is 4.88 Å². The van der Waals surface area contributed by atoms with Crippen molar-refractivity contribution in [3.05, 3.63) is 27.6 Å². The summed E-state index contributed by atoms with van der Waals surface area (Å²) in [6.45, 7) is 5.56. The molecule has 0 unspecified atom stereocenters. The van der Waals surface area contributed by atoms with Gasteiger partial charge in [-0.05, 0) is 26.8 Å². The largest absolute Gasteiger partial charge is 0.481 e. The molecule has 2 N–H and O–H groups in total. The van der Waals surface area contributed by atoms with Gasteiger partial charge in [-0.1, -0.05) is 0 Å². The second-order valence-electron chi connectivity index (χ2n) is 6.04. The Balaban J connectivity index is 2.16. The zero-order valence-corrected chi connectivity index (χ0v) is 14.1. The third-order valence-electron chi connectivity index (χ3n) is 3.45. The normalized spacial score (nSPS) is 11.6. The van der Waals surface area contributed by atoms with Crippen LogP contribution in [0.1, 0.15) is 25.1 Å². The number of aromatic nitrogens is 2. The van der Waals surface area contributed by atoms with E-state index in [4.69, 9.17) is 5.11 Å². The molecule has 0 aromatic carbocycles. The monoisotopic (exact) mass is 337 g/mol. The van der Waals surface area contributed by atoms with Gasteiger partial charge < -0.3 is 10.4 Å². The van der Waals surface area contributed by atoms with Gasteiger partial charge in [0.2, 0.25) is 5.91 Å². The molecular formula is C15H19N3O4S. The summed E-state index contributed by atoms with van der Waals surface area (Å²) in [6.07, 6.45) is 1.32. The molecular weight excluding hydrogens is 318 g/mol. The number of amides is 1. The van der Waals surface area contributed by atoms with E-state index in [0.29, 0.717) is 10.2 Å². The molecule has 0 fully saturated rings. The average molecular weight is 337 g/mol. The molecule has 0 aliphatic rings. The smallest absolute Gasteiger partial charge is 0.305 e. The lowest BCUT2D eigenvalue weighted by Gasteiger charge is -2.24. The summed E-state index contributed by atoms with van der Waals surface area (Å²) in [4.78, 5) is 41.1. The number of carboxylic acids is 1. The Morgan fingerprint density at radius 3 is 2.78 bits per heavy atom. The summed E-state index contributed by atoms with van der Waals surface area (Å²) < 4.78 is 1.42. The number of hydrogen-bond donors (Lipinski definition) is 2. The lowest BCUT2D eigenvalue weighted by atomic mass is 9.92. The van der Waals surface area contributed by atoms with Crippen LogP contribution in [-0.2, 0) is 16.1 Å². The highest BCUT2D eigenvalue weighted by molar-refractivity contribution is 7.18. The van der Waals surface area contributed by atoms with Crippen LogP contribution in [0.25, 0.3) is 10.2 Å². The van der Waals surface area contributed by atoms with Crippen LogP contribution < -0.4 is 10.9 Å². The first kappa shape index (κ1) is 17.1. The molecule has 0 atom stereocenters. The summed E-state index contributed by atoms with van der Waals surface area (Å²) in [6, 6.07) is 1.80. The Labute approximate surface area is 137 Å². The number of aryl methyl sites for hydroxylation is 1. The topological polar surface area (TPSA) is 101 Å². The molecule has 8 heteroatoms. The molecule has 2 rings (SSSR count). The molecule has 0 aliphatic carbocycles. The van der Waals surface area contributed by atoms with Crippen molar-refractivity contribution in [1.82, 2.24) is 14.9 Å². The third-order valence-corrected chi connectivity index (χ3v) is 4.40. The van der Waals surface area contributed by atoms with Gasteiger partial charge in [-0.3, -0.25) is 19.0 Å². The van der Waals surface area contributed by atoms with Crippen molar-refractivity contribution < 1.29 is 14.7 Å². The Morgan fingerprint density at radius 2 is 2.13 bits per heavy atom. The number of carboxylic acid groups (broad SMARTS) is 1. The number of hydrogen-bond acceptors (Lipinski definition) is 5. The highest BCUT2D eigenvalue weighted by atomic mass is 32.1. The third kappa shape index (κ3) is 3.95. The maximum atomic E-state index is 12.5. The summed E-state index contributed by atoms with van der Waals surface area (Å²) in [5.41, 5.74) is -1.03. The van der Waals surface area contributed by atoms with Crippen molar-refractivity contribution >= 4 is 33.4 Å². The van der Waals surface area contributed by atoms with E-state index in [1.165, 1.54) is 22.2 Å². The number of rotatable bonds is 6. The van der Waals surface area contributed by atoms with Crippen molar-refractivity contribution in [2.24, 2.45) is 5.41 Å². The van der Waals surface area contributed by atoms with Gasteiger partial charge in [0.1, 0.15) is 4.83 Å². The fourth-order valence-electron chi connectivity index (χ4n) is 2.21. The fraction of sp³-hybridized carbons (Fsp3) is 0.467. The molecule has 0 saturated carbocycles. The van der Waals surface area contributed by atoms with Gasteiger partial charge in [0.15, 0.2) is 0 Å². The van der Waals surface area contributed by atoms with Gasteiger partial charge >= 0.3 is 5.97 Å². The van der Waals surface area contributed by atoms with Crippen molar-refractivity contribution in [3.63, 3.8) is 0 Å². The van der Waals surface area contributed by atoms with Crippen molar-refractivity contribution in [1.29, 1.82) is 0 Å². The average Bonchev–Trinajstić information content (AvgIpc) is 2.83. The van der Waals surface area contributed by atoms with E-state index >= 15 is 0 Å². The number of thiophene rings is 1. The molecule has 0 bridgehead atoms. The van der Waals surface area contributed by atoms with Crippen LogP contribution in [0, 0.1) is 12.3 Å². The molecule has 2 aromatic heterocycles. The summed E-state index contributed by atoms with van der Waals surface area (Å²) in [7, 11) is 0. The molecule has 0 aliphatic heterocycles. The Kier molecular flexibility index (Phi) is 4.84. The molecule has 124 valence electrons. The minimum atomic E-state index is -0.971. The zero-order chi connectivity index (χ0) is 17.2. The molecule has 2 heterocycles. The predicted molar refractivity (Wildman–Crippen MR) is 87.7 cm³/mol. The predicted octanol–water partition coefficient (Wildman–Crippen LogP) is 1.38. The van der Waals surface area contributed by atoms with E-state index < -0.39 is 11.4 Å². The van der Waals surface area contributed by atoms with Crippen LogP contribution in [0.15, 0.2) is 17.2 Å². The SMILES string of the molecule is Cc1cc2c(=O)n(CC(C)(C)C(=O)NCCC(=O)O)cnc2s1. The van der Waals surface area contributed by atoms with Crippen molar-refractivity contribution in [2.45, 2.75) is 33.7 Å². The summed E-state index contributed by atoms with van der Waals surface area (Å²) >= 11 is 1.45. The van der Waals surface area contributed by atoms with Gasteiger partial charge in [-0.2, -0.15) is 0 Å². The Bertz CT molecular complexity index is 807. The quantitative estimate of drug-likeness (QED) is 0.829. The van der Waals surface area contributed by atoms with Crippen LogP contribution in [0.5, 0.6) is 0 Å². The van der Waals surface area contributed by atoms with Crippen LogP contribution in [0.3, 0.4) is 0 Å². The summed E-state index contributed by atoms with van der Waals surface area (Å²) in [5.74, 6) is -1.27. The van der Waals surface area contributed by atoms with Gasteiger partial charge in [0, 0.05) is 18.0 Å². The zero-order valence-electron chi connectivity index (χ0n) is 13.3. The van der Waals surface area contributed by atoms with E-state index in [1.807, 2.05) is 6.92 Å². The van der Waals surface area contributed by atoms with E-state index in [2.05, 4.69) is 10.3 Å². The second-order valence-corrected chi connectivity index (χ2v) is 7.27. The standard InChI is InChI=1S/C15H19N3O4S/c1-9-6-10-12(23-9)17-8-18(13(10)21)7-15(2,3)14(22)16-5-4-11(19)20/h6,8H,4-5,7H2,1-3H3,(H,16,22)(H,19,20). The van der Waals surface area contributed by atoms with Crippen molar-refractivity contribution in [3.8, 4) is 0 Å². The minimum absolute atomic E-state index is 0.0630. The van der Waals surface area contributed by atoms with Gasteiger partial charge in [0.05, 0.1) is 23.5 Å². The van der Waals surface area contributed by atoms with Crippen LogP contribution in [0.2, 0.25) is 0 Å². The molecule has 1 amide bonds. The summed E-state index contributed by atoms with van der Waals surface area (Å²) in [5, 5.41) is 11.7. The first-order valence-electron chi connectivity index (χ1n) is 7.16. The van der Waals surface area contributed by atoms with Gasteiger partial charge in [-0.25, -0.2) is 4.98 Å². The van der Waals surface area contributed by atoms with E-state index in [9.17, 15) is 14.4 Å². The first-order valence-corrected chi connectivity index (χ1v) is 7.98. The number of aliphatic carboxylic acids is 1. The van der Waals surface area contributed by atoms with E-state index in [-0.39, 0.29) is 31.0 Å². The van der Waals surface area contributed by atoms with Crippen LogP contribution in [0.4, 0.5) is 0 Å². The van der Waals surface area contributed by atoms with Crippen LogP contribution >= 0.6 is 11.3 Å². The lowest BCUT2D eigenvalue weighted by molar-refractivity contribution is -0.137. The molecule has 23 heavy (non-hydrogen) atoms. The molecule has 7 nitrogen and oxygen atoms in total. The van der Waals surface area contributed by atoms with Gasteiger partial charge in [-0.15, -0.1) is 11.3 Å². The maximum Gasteiger partial charge on any atom is 0.305 e. The first-order chi connectivity index (χ1) is 10.7. The molecule has 0 spiro atoms. The molecule has 0 radical (unpaired) electrons. The highest BCUT2D eigenvalue weighted by Gasteiger charge is 2.28. The maximum absolute atomic E-state index is 12.5. The Hall–Kier alpha value is -2.22. The number of nitrogens with zero attached hydrogens (tertiary/aromatic N) is 2. The number of fused-ring (bicyclic) bond motifs is 1.